The summed E-state index contributed by atoms with van der Waals surface area (Å²) in [6.45, 7) is 3.51. The fourth-order valence-electron chi connectivity index (χ4n) is 0.773. The first-order chi connectivity index (χ1) is 7.06. The van der Waals surface area contributed by atoms with Gasteiger partial charge in [-0.2, -0.15) is 0 Å². The van der Waals surface area contributed by atoms with E-state index in [1.807, 2.05) is 0 Å². The van der Waals surface area contributed by atoms with Crippen LogP contribution < -0.4 is 5.84 Å². The van der Waals surface area contributed by atoms with Crippen LogP contribution in [0.4, 0.5) is 8.78 Å². The van der Waals surface area contributed by atoms with Crippen molar-refractivity contribution in [2.45, 2.75) is 6.43 Å². The van der Waals surface area contributed by atoms with Crippen LogP contribution in [0.1, 0.15) is 0 Å². The molecule has 0 bridgehead atoms. The van der Waals surface area contributed by atoms with E-state index in [1.54, 1.807) is 12.2 Å². The monoisotopic (exact) mass is 219 g/mol. The van der Waals surface area contributed by atoms with Crippen molar-refractivity contribution in [1.82, 2.24) is 5.01 Å². The zero-order valence-corrected chi connectivity index (χ0v) is 8.33. The molecule has 4 nitrogen and oxygen atoms in total. The molecule has 0 aliphatic carbocycles. The van der Waals surface area contributed by atoms with Gasteiger partial charge in [-0.3, -0.25) is 10.4 Å². The second-order valence-electron chi connectivity index (χ2n) is 2.79. The average molecular weight is 219 g/mol. The van der Waals surface area contributed by atoms with Gasteiger partial charge in [0.1, 0.15) is 6.61 Å². The van der Waals surface area contributed by atoms with E-state index in [9.17, 15) is 8.78 Å². The lowest BCUT2D eigenvalue weighted by atomic mass is 10.3. The second kappa shape index (κ2) is 8.07. The lowest BCUT2D eigenvalue weighted by molar-refractivity contribution is 0.0286. The number of hydrazine groups is 1. The first-order valence-electron chi connectivity index (χ1n) is 4.28. The van der Waals surface area contributed by atoms with E-state index >= 15 is 0 Å². The number of ether oxygens (including phenoxy) is 1. The second-order valence-corrected chi connectivity index (χ2v) is 2.79. The van der Waals surface area contributed by atoms with Gasteiger partial charge in [-0.1, -0.05) is 18.7 Å². The normalized spacial score (nSPS) is 10.9. The van der Waals surface area contributed by atoms with Gasteiger partial charge in [0.15, 0.2) is 0 Å². The van der Waals surface area contributed by atoms with Gasteiger partial charge in [-0.25, -0.2) is 14.6 Å². The number of nitrogens with two attached hydrogens (primary N) is 1. The van der Waals surface area contributed by atoms with Gasteiger partial charge in [0.2, 0.25) is 0 Å². The standard InChI is InChI=1S/C9H15F2N3O/c1-8(5-14(13)7-12)3-2-4-15-6-9(10)11/h2-3,7,9,12H,1,4-6,13H2. The number of nitrogens with zero attached hydrogens (tertiary/aromatic N) is 1. The van der Waals surface area contributed by atoms with Crippen molar-refractivity contribution in [2.75, 3.05) is 19.8 Å². The summed E-state index contributed by atoms with van der Waals surface area (Å²) >= 11 is 0. The molecule has 0 spiro atoms. The Hall–Kier alpha value is -1.27. The van der Waals surface area contributed by atoms with Crippen molar-refractivity contribution in [3.05, 3.63) is 24.3 Å². The zero-order valence-electron chi connectivity index (χ0n) is 8.33. The van der Waals surface area contributed by atoms with Gasteiger partial charge in [0.05, 0.1) is 19.5 Å². The van der Waals surface area contributed by atoms with Crippen LogP contribution in [0, 0.1) is 5.41 Å². The highest BCUT2D eigenvalue weighted by Crippen LogP contribution is 1.95. The van der Waals surface area contributed by atoms with E-state index in [2.05, 4.69) is 11.3 Å². The number of nitrogens with one attached hydrogen (secondary N) is 1. The maximum absolute atomic E-state index is 11.6. The molecule has 0 aromatic rings. The van der Waals surface area contributed by atoms with Crippen molar-refractivity contribution >= 4 is 6.34 Å². The lowest BCUT2D eigenvalue weighted by Gasteiger charge is -2.10. The predicted molar refractivity (Wildman–Crippen MR) is 54.8 cm³/mol. The molecule has 0 radical (unpaired) electrons. The van der Waals surface area contributed by atoms with Gasteiger partial charge >= 0.3 is 0 Å². The van der Waals surface area contributed by atoms with Crippen LogP contribution in [0.15, 0.2) is 24.3 Å². The van der Waals surface area contributed by atoms with Gasteiger partial charge in [-0.15, -0.1) is 0 Å². The van der Waals surface area contributed by atoms with Gasteiger partial charge in [0.25, 0.3) is 6.43 Å². The van der Waals surface area contributed by atoms with Gasteiger partial charge in [0, 0.05) is 0 Å². The molecule has 0 aromatic heterocycles. The number of rotatable bonds is 8. The Labute approximate surface area is 87.5 Å². The average Bonchev–Trinajstić information content (AvgIpc) is 2.16. The molecule has 6 heteroatoms. The highest BCUT2D eigenvalue weighted by molar-refractivity contribution is 5.50. The molecule has 0 rings (SSSR count). The van der Waals surface area contributed by atoms with Crippen LogP contribution in [-0.2, 0) is 4.74 Å². The third-order valence-corrected chi connectivity index (χ3v) is 1.36. The predicted octanol–water partition coefficient (Wildman–Crippen LogP) is 1.16. The Morgan fingerprint density at radius 1 is 1.60 bits per heavy atom. The largest absolute Gasteiger partial charge is 0.371 e. The molecule has 3 N–H and O–H groups in total. The summed E-state index contributed by atoms with van der Waals surface area (Å²) < 4.78 is 27.9. The highest BCUT2D eigenvalue weighted by Gasteiger charge is 1.99. The highest BCUT2D eigenvalue weighted by atomic mass is 19.3. The number of halogens is 2. The summed E-state index contributed by atoms with van der Waals surface area (Å²) in [5.41, 5.74) is 0.668. The van der Waals surface area contributed by atoms with E-state index in [0.29, 0.717) is 12.1 Å². The Morgan fingerprint density at radius 2 is 2.27 bits per heavy atom. The molecule has 0 aliphatic rings. The quantitative estimate of drug-likeness (QED) is 0.161. The summed E-state index contributed by atoms with van der Waals surface area (Å²) in [5.74, 6) is 5.31. The summed E-state index contributed by atoms with van der Waals surface area (Å²) in [4.78, 5) is 0. The molecule has 0 saturated heterocycles. The Kier molecular flexibility index (Phi) is 7.39. The van der Waals surface area contributed by atoms with Crippen LogP contribution >= 0.6 is 0 Å². The molecule has 0 fully saturated rings. The Balaban J connectivity index is 3.59. The maximum Gasteiger partial charge on any atom is 0.261 e. The molecular weight excluding hydrogens is 204 g/mol. The molecule has 0 unspecified atom stereocenters. The molecule has 0 amide bonds. The molecular formula is C9H15F2N3O. The number of alkyl halides is 2. The minimum Gasteiger partial charge on any atom is -0.371 e. The molecule has 15 heavy (non-hydrogen) atoms. The minimum atomic E-state index is -2.45. The molecule has 0 heterocycles. The molecule has 0 saturated carbocycles. The van der Waals surface area contributed by atoms with Crippen molar-refractivity contribution in [2.24, 2.45) is 5.84 Å². The fraction of sp³-hybridized carbons (Fsp3) is 0.444. The van der Waals surface area contributed by atoms with Crippen LogP contribution in [0.25, 0.3) is 0 Å². The fourth-order valence-corrected chi connectivity index (χ4v) is 0.773. The van der Waals surface area contributed by atoms with Crippen LogP contribution in [-0.4, -0.2) is 37.5 Å². The first kappa shape index (κ1) is 13.7. The van der Waals surface area contributed by atoms with E-state index in [-0.39, 0.29) is 6.61 Å². The van der Waals surface area contributed by atoms with Crippen LogP contribution in [0.3, 0.4) is 0 Å². The molecule has 0 aromatic carbocycles. The Morgan fingerprint density at radius 3 is 2.80 bits per heavy atom. The van der Waals surface area contributed by atoms with Crippen molar-refractivity contribution in [1.29, 1.82) is 5.41 Å². The zero-order chi connectivity index (χ0) is 11.7. The molecule has 0 aliphatic heterocycles. The third-order valence-electron chi connectivity index (χ3n) is 1.36. The summed E-state index contributed by atoms with van der Waals surface area (Å²) in [6, 6.07) is 0. The summed E-state index contributed by atoms with van der Waals surface area (Å²) in [7, 11) is 0. The van der Waals surface area contributed by atoms with E-state index in [0.717, 1.165) is 11.3 Å². The minimum absolute atomic E-state index is 0.110. The maximum atomic E-state index is 11.6. The summed E-state index contributed by atoms with van der Waals surface area (Å²) in [5, 5.41) is 7.94. The summed E-state index contributed by atoms with van der Waals surface area (Å²) in [6.07, 6.45) is 1.71. The SMILES string of the molecule is C=C(C=CCOCC(F)F)CN(N)C=N. The Bertz CT molecular complexity index is 231. The number of hydrogen-bond acceptors (Lipinski definition) is 3. The van der Waals surface area contributed by atoms with E-state index < -0.39 is 13.0 Å². The van der Waals surface area contributed by atoms with Crippen LogP contribution in [0.5, 0.6) is 0 Å². The van der Waals surface area contributed by atoms with Gasteiger partial charge in [-0.05, 0) is 5.57 Å². The third kappa shape index (κ3) is 9.04. The van der Waals surface area contributed by atoms with Crippen molar-refractivity contribution in [3.8, 4) is 0 Å². The van der Waals surface area contributed by atoms with Crippen molar-refractivity contribution < 1.29 is 13.5 Å². The van der Waals surface area contributed by atoms with E-state index in [1.165, 1.54) is 0 Å². The topological polar surface area (TPSA) is 62.3 Å². The molecule has 0 atom stereocenters. The van der Waals surface area contributed by atoms with Crippen molar-refractivity contribution in [3.63, 3.8) is 0 Å². The molecule has 86 valence electrons. The number of hydrogen-bond donors (Lipinski definition) is 2. The first-order valence-corrected chi connectivity index (χ1v) is 4.28. The van der Waals surface area contributed by atoms with Gasteiger partial charge < -0.3 is 4.74 Å². The smallest absolute Gasteiger partial charge is 0.261 e. The van der Waals surface area contributed by atoms with E-state index in [4.69, 9.17) is 11.3 Å². The lowest BCUT2D eigenvalue weighted by Crippen LogP contribution is -2.30. The van der Waals surface area contributed by atoms with Crippen LogP contribution in [0.2, 0.25) is 0 Å².